The van der Waals surface area contributed by atoms with Gasteiger partial charge in [-0.1, -0.05) is 139 Å². The Balaban J connectivity index is 0.00000641. The van der Waals surface area contributed by atoms with Crippen molar-refractivity contribution in [3.8, 4) is 33.4 Å². The van der Waals surface area contributed by atoms with Gasteiger partial charge in [0.05, 0.1) is 13.1 Å². The minimum Gasteiger partial charge on any atom is -1.00 e. The summed E-state index contributed by atoms with van der Waals surface area (Å²) in [5.41, 5.74) is 5.34. The summed E-state index contributed by atoms with van der Waals surface area (Å²) in [5, 5.41) is 3.55. The summed E-state index contributed by atoms with van der Waals surface area (Å²) in [7, 11) is 0. The van der Waals surface area contributed by atoms with Crippen LogP contribution in [0, 0.1) is 34.9 Å². The van der Waals surface area contributed by atoms with Gasteiger partial charge in [-0.25, -0.2) is 26.3 Å². The molecule has 0 N–H and O–H groups in total. The van der Waals surface area contributed by atoms with Crippen LogP contribution in [0.15, 0.2) is 84.9 Å². The van der Waals surface area contributed by atoms with Crippen molar-refractivity contribution >= 4 is 21.5 Å². The molecule has 0 saturated carbocycles. The molecule has 0 fully saturated rings. The molecule has 62 heavy (non-hydrogen) atoms. The van der Waals surface area contributed by atoms with Gasteiger partial charge in [0.1, 0.15) is 13.1 Å². The number of hydrogen-bond donors (Lipinski definition) is 0. The smallest absolute Gasteiger partial charge is 0.194 e. The van der Waals surface area contributed by atoms with Crippen LogP contribution in [0.4, 0.5) is 26.3 Å². The lowest BCUT2D eigenvalue weighted by atomic mass is 9.82. The van der Waals surface area contributed by atoms with Gasteiger partial charge in [0.2, 0.25) is 0 Å². The van der Waals surface area contributed by atoms with E-state index < -0.39 is 34.9 Å². The molecular formula is C54H60BrF6N. The van der Waals surface area contributed by atoms with Crippen molar-refractivity contribution in [3.63, 3.8) is 0 Å². The maximum absolute atomic E-state index is 15.3. The lowest BCUT2D eigenvalue weighted by Crippen LogP contribution is -3.00. The molecule has 330 valence electrons. The first kappa shape index (κ1) is 47.3. The highest BCUT2D eigenvalue weighted by Gasteiger charge is 2.38. The zero-order valence-corrected chi connectivity index (χ0v) is 37.9. The molecule has 0 aromatic heterocycles. The minimum absolute atomic E-state index is 0. The average Bonchev–Trinajstić information content (AvgIpc) is 3.41. The second-order valence-electron chi connectivity index (χ2n) is 17.6. The first-order valence-corrected chi connectivity index (χ1v) is 22.9. The highest BCUT2D eigenvalue weighted by atomic mass is 79.9. The van der Waals surface area contributed by atoms with Gasteiger partial charge >= 0.3 is 0 Å². The van der Waals surface area contributed by atoms with Gasteiger partial charge in [-0.3, -0.25) is 0 Å². The summed E-state index contributed by atoms with van der Waals surface area (Å²) >= 11 is 0. The van der Waals surface area contributed by atoms with E-state index in [9.17, 15) is 8.78 Å². The third-order valence-electron chi connectivity index (χ3n) is 13.1. The molecule has 0 amide bonds. The summed E-state index contributed by atoms with van der Waals surface area (Å²) in [5.74, 6) is -8.03. The first-order chi connectivity index (χ1) is 29.6. The molecule has 0 spiro atoms. The number of benzene rings is 6. The summed E-state index contributed by atoms with van der Waals surface area (Å²) in [6.07, 6.45) is 18.5. The molecule has 0 aliphatic carbocycles. The number of quaternary nitrogens is 1. The Morgan fingerprint density at radius 1 is 0.419 bits per heavy atom. The van der Waals surface area contributed by atoms with E-state index >= 15 is 17.6 Å². The van der Waals surface area contributed by atoms with E-state index in [0.717, 1.165) is 120 Å². The number of unbranched alkanes of at least 4 members (excludes halogenated alkanes) is 14. The first-order valence-electron chi connectivity index (χ1n) is 22.9. The van der Waals surface area contributed by atoms with Gasteiger partial charge in [0, 0.05) is 22.3 Å². The van der Waals surface area contributed by atoms with Gasteiger partial charge in [-0.15, -0.1) is 0 Å². The average molecular weight is 917 g/mol. The number of rotatable bonds is 20. The molecule has 7 rings (SSSR count). The largest absolute Gasteiger partial charge is 1.00 e. The Morgan fingerprint density at radius 3 is 1.10 bits per heavy atom. The van der Waals surface area contributed by atoms with Crippen LogP contribution < -0.4 is 17.0 Å². The van der Waals surface area contributed by atoms with Crippen LogP contribution in [0.3, 0.4) is 0 Å². The summed E-state index contributed by atoms with van der Waals surface area (Å²) in [6.45, 7) is 7.14. The number of halogens is 7. The van der Waals surface area contributed by atoms with Crippen molar-refractivity contribution < 1.29 is 47.8 Å². The monoisotopic (exact) mass is 915 g/mol. The van der Waals surface area contributed by atoms with Gasteiger partial charge in [0.15, 0.2) is 34.9 Å². The fraction of sp³-hybridized carbons (Fsp3) is 0.407. The van der Waals surface area contributed by atoms with Gasteiger partial charge < -0.3 is 21.5 Å². The fourth-order valence-corrected chi connectivity index (χ4v) is 9.93. The van der Waals surface area contributed by atoms with E-state index in [1.54, 1.807) is 0 Å². The van der Waals surface area contributed by atoms with Crippen molar-refractivity contribution in [3.05, 3.63) is 131 Å². The van der Waals surface area contributed by atoms with Crippen LogP contribution in [0.2, 0.25) is 0 Å². The van der Waals surface area contributed by atoms with Gasteiger partial charge in [0.25, 0.3) is 0 Å². The zero-order valence-electron chi connectivity index (χ0n) is 36.3. The lowest BCUT2D eigenvalue weighted by Gasteiger charge is -2.39. The van der Waals surface area contributed by atoms with Crippen LogP contribution in [0.25, 0.3) is 54.9 Å². The quantitative estimate of drug-likeness (QED) is 0.0310. The van der Waals surface area contributed by atoms with Gasteiger partial charge in [-0.05, 0) is 106 Å². The van der Waals surface area contributed by atoms with E-state index in [-0.39, 0.29) is 28.1 Å². The van der Waals surface area contributed by atoms with Crippen molar-refractivity contribution in [2.24, 2.45) is 0 Å². The van der Waals surface area contributed by atoms with Crippen LogP contribution in [0.1, 0.15) is 128 Å². The maximum Gasteiger partial charge on any atom is 0.194 e. The number of hydrogen-bond acceptors (Lipinski definition) is 0. The summed E-state index contributed by atoms with van der Waals surface area (Å²) in [4.78, 5) is 0. The molecule has 1 aliphatic rings. The molecule has 0 unspecified atom stereocenters. The molecule has 0 radical (unpaired) electrons. The van der Waals surface area contributed by atoms with Gasteiger partial charge in [-0.2, -0.15) is 0 Å². The summed E-state index contributed by atoms with van der Waals surface area (Å²) in [6, 6.07) is 24.2. The predicted molar refractivity (Wildman–Crippen MR) is 240 cm³/mol. The molecule has 0 atom stereocenters. The molecule has 8 heteroatoms. The number of fused-ring (bicyclic) bond motifs is 7. The van der Waals surface area contributed by atoms with E-state index in [1.807, 2.05) is 48.5 Å². The summed E-state index contributed by atoms with van der Waals surface area (Å²) < 4.78 is 90.8. The zero-order chi connectivity index (χ0) is 42.9. The third-order valence-corrected chi connectivity index (χ3v) is 13.1. The van der Waals surface area contributed by atoms with E-state index in [0.29, 0.717) is 28.7 Å². The molecule has 6 aromatic carbocycles. The minimum atomic E-state index is -1.51. The molecule has 0 bridgehead atoms. The lowest BCUT2D eigenvalue weighted by molar-refractivity contribution is -0.953. The van der Waals surface area contributed by atoms with Crippen LogP contribution in [-0.4, -0.2) is 17.6 Å². The fourth-order valence-electron chi connectivity index (χ4n) is 9.93. The molecule has 1 aliphatic heterocycles. The SMILES string of the molecule is CCCCCCCCCC[N+]1(CCCCCCCCCC)Cc2c(-c3cc(F)c(F)c(F)c3)cc3ccccc3c2-c2c(c(-c3cc(F)c(F)c(F)c3)cc3ccccc23)C1.[Br-]. The second-order valence-corrected chi connectivity index (χ2v) is 17.6. The number of nitrogens with zero attached hydrogens (tertiary/aromatic N) is 1. The Kier molecular flexibility index (Phi) is 16.8. The Morgan fingerprint density at radius 2 is 0.742 bits per heavy atom. The standard InChI is InChI=1S/C54H60F6N.BrH/c1-3-5-7-9-11-13-15-21-27-61(28-22-16-14-12-10-8-6-4-2)35-45-43(39-31-47(55)53(59)48(56)32-39)29-37-23-17-19-25-41(37)51(45)52-42-26-20-18-24-38(42)30-44(46(52)36-61)40-33-49(57)54(60)50(58)34-40;/h17-20,23-26,29-34H,3-16,21-22,27-28,35-36H2,1-2H3;1H/q+1;/p-1. The normalized spacial score (nSPS) is 13.2. The van der Waals surface area contributed by atoms with E-state index in [4.69, 9.17) is 0 Å². The van der Waals surface area contributed by atoms with Crippen LogP contribution >= 0.6 is 0 Å². The third kappa shape index (κ3) is 10.6. The predicted octanol–water partition coefficient (Wildman–Crippen LogP) is 13.9. The van der Waals surface area contributed by atoms with Crippen molar-refractivity contribution in [2.75, 3.05) is 13.1 Å². The topological polar surface area (TPSA) is 0 Å². The van der Waals surface area contributed by atoms with Crippen LogP contribution in [0.5, 0.6) is 0 Å². The van der Waals surface area contributed by atoms with Crippen molar-refractivity contribution in [2.45, 2.75) is 130 Å². The molecule has 6 aromatic rings. The van der Waals surface area contributed by atoms with Crippen molar-refractivity contribution in [1.29, 1.82) is 0 Å². The Bertz CT molecular complexity index is 2240. The Labute approximate surface area is 374 Å². The highest BCUT2D eigenvalue weighted by Crippen LogP contribution is 2.50. The molecule has 0 saturated heterocycles. The maximum atomic E-state index is 15.3. The molecule has 1 nitrogen and oxygen atoms in total. The highest BCUT2D eigenvalue weighted by molar-refractivity contribution is 6.12. The van der Waals surface area contributed by atoms with E-state index in [1.165, 1.54) is 64.2 Å². The van der Waals surface area contributed by atoms with Crippen LogP contribution in [-0.2, 0) is 13.1 Å². The second kappa shape index (κ2) is 22.0. The Hall–Kier alpha value is -4.14. The van der Waals surface area contributed by atoms with Crippen molar-refractivity contribution in [1.82, 2.24) is 0 Å². The molecular weight excluding hydrogens is 856 g/mol. The molecule has 1 heterocycles. The van der Waals surface area contributed by atoms with E-state index in [2.05, 4.69) is 26.0 Å².